The van der Waals surface area contributed by atoms with Gasteiger partial charge >= 0.3 is 0 Å². The summed E-state index contributed by atoms with van der Waals surface area (Å²) in [4.78, 5) is 13.7. The van der Waals surface area contributed by atoms with Crippen LogP contribution in [0.15, 0.2) is 66.2 Å². The van der Waals surface area contributed by atoms with Gasteiger partial charge in [0, 0.05) is 35.6 Å². The third kappa shape index (κ3) is 3.22. The summed E-state index contributed by atoms with van der Waals surface area (Å²) in [6.07, 6.45) is 5.60. The summed E-state index contributed by atoms with van der Waals surface area (Å²) >= 11 is 1.73. The highest BCUT2D eigenvalue weighted by Crippen LogP contribution is 2.28. The Hall–Kier alpha value is -2.66. The van der Waals surface area contributed by atoms with Gasteiger partial charge in [0.1, 0.15) is 0 Å². The Morgan fingerprint density at radius 3 is 2.77 bits per heavy atom. The molecule has 0 saturated heterocycles. The van der Waals surface area contributed by atoms with Gasteiger partial charge in [-0.15, -0.1) is 0 Å². The van der Waals surface area contributed by atoms with E-state index >= 15 is 0 Å². The van der Waals surface area contributed by atoms with Crippen molar-refractivity contribution in [2.24, 2.45) is 0 Å². The van der Waals surface area contributed by atoms with E-state index < -0.39 is 0 Å². The summed E-state index contributed by atoms with van der Waals surface area (Å²) in [5.41, 5.74) is 5.60. The van der Waals surface area contributed by atoms with Gasteiger partial charge in [0.2, 0.25) is 0 Å². The van der Waals surface area contributed by atoms with Gasteiger partial charge in [-0.05, 0) is 43.7 Å². The minimum Gasteiger partial charge on any atom is -0.319 e. The highest BCUT2D eigenvalue weighted by molar-refractivity contribution is 7.98. The number of imidazole rings is 1. The van der Waals surface area contributed by atoms with Crippen molar-refractivity contribution < 1.29 is 0 Å². The van der Waals surface area contributed by atoms with Crippen LogP contribution in [0.5, 0.6) is 0 Å². The highest BCUT2D eigenvalue weighted by Gasteiger charge is 2.12. The van der Waals surface area contributed by atoms with Crippen molar-refractivity contribution in [3.63, 3.8) is 0 Å². The second kappa shape index (κ2) is 7.30. The molecule has 3 aromatic heterocycles. The smallest absolute Gasteiger partial charge is 0.168 e. The van der Waals surface area contributed by atoms with Gasteiger partial charge in [-0.25, -0.2) is 4.98 Å². The fourth-order valence-electron chi connectivity index (χ4n) is 3.16. The molecule has 26 heavy (non-hydrogen) atoms. The number of benzene rings is 1. The molecule has 4 rings (SSSR count). The normalized spacial score (nSPS) is 11.2. The lowest BCUT2D eigenvalue weighted by atomic mass is 10.1. The molecule has 1 aromatic carbocycles. The number of rotatable bonds is 5. The number of hydrogen-bond acceptors (Lipinski definition) is 4. The molecule has 0 bridgehead atoms. The molecule has 4 aromatic rings. The van der Waals surface area contributed by atoms with E-state index in [1.807, 2.05) is 24.5 Å². The van der Waals surface area contributed by atoms with Crippen molar-refractivity contribution >= 4 is 22.7 Å². The van der Waals surface area contributed by atoms with Gasteiger partial charge in [-0.1, -0.05) is 30.0 Å². The fraction of sp³-hybridized carbons (Fsp3) is 0.190. The van der Waals surface area contributed by atoms with Crippen molar-refractivity contribution in [1.82, 2.24) is 19.5 Å². The molecule has 4 nitrogen and oxygen atoms in total. The topological polar surface area (TPSA) is 43.6 Å². The Morgan fingerprint density at radius 2 is 1.96 bits per heavy atom. The zero-order chi connectivity index (χ0) is 17.9. The molecule has 0 spiro atoms. The molecule has 5 heteroatoms. The van der Waals surface area contributed by atoms with Crippen LogP contribution in [-0.4, -0.2) is 19.5 Å². The molecule has 0 aliphatic carbocycles. The van der Waals surface area contributed by atoms with E-state index in [-0.39, 0.29) is 0 Å². The van der Waals surface area contributed by atoms with Crippen molar-refractivity contribution in [3.8, 4) is 11.3 Å². The number of thioether (sulfide) groups is 1. The van der Waals surface area contributed by atoms with Crippen LogP contribution in [0.2, 0.25) is 0 Å². The van der Waals surface area contributed by atoms with Crippen LogP contribution in [-0.2, 0) is 12.3 Å². The van der Waals surface area contributed by atoms with Gasteiger partial charge in [0.15, 0.2) is 5.16 Å². The minimum absolute atomic E-state index is 0.801. The van der Waals surface area contributed by atoms with E-state index in [9.17, 15) is 0 Å². The first kappa shape index (κ1) is 16.8. The van der Waals surface area contributed by atoms with Gasteiger partial charge in [-0.2, -0.15) is 0 Å². The Kier molecular flexibility index (Phi) is 4.71. The molecule has 0 N–H and O–H groups in total. The van der Waals surface area contributed by atoms with E-state index in [4.69, 9.17) is 4.98 Å². The van der Waals surface area contributed by atoms with Crippen LogP contribution >= 0.6 is 11.8 Å². The second-order valence-corrected chi connectivity index (χ2v) is 7.09. The number of para-hydroxylation sites is 1. The maximum Gasteiger partial charge on any atom is 0.168 e. The molecule has 0 unspecified atom stereocenters. The van der Waals surface area contributed by atoms with Gasteiger partial charge in [-0.3, -0.25) is 9.97 Å². The van der Waals surface area contributed by atoms with Crippen molar-refractivity contribution in [3.05, 3.63) is 72.3 Å². The molecular weight excluding hydrogens is 340 g/mol. The minimum atomic E-state index is 0.801. The Labute approximate surface area is 157 Å². The largest absolute Gasteiger partial charge is 0.319 e. The SMILES string of the molecule is CCn1c(-c2cccnc2)cnc1SCc1cc(C)c2ccccc2n1. The molecule has 0 atom stereocenters. The Bertz CT molecular complexity index is 1040. The maximum absolute atomic E-state index is 4.80. The zero-order valence-electron chi connectivity index (χ0n) is 14.9. The number of pyridine rings is 2. The predicted octanol–water partition coefficient (Wildman–Crippen LogP) is 5.11. The van der Waals surface area contributed by atoms with Crippen LogP contribution in [0, 0.1) is 6.92 Å². The molecular formula is C21H20N4S. The number of fused-ring (bicyclic) bond motifs is 1. The van der Waals surface area contributed by atoms with E-state index in [1.165, 1.54) is 10.9 Å². The van der Waals surface area contributed by atoms with Crippen LogP contribution in [0.3, 0.4) is 0 Å². The first-order valence-corrected chi connectivity index (χ1v) is 9.69. The average molecular weight is 360 g/mol. The third-order valence-electron chi connectivity index (χ3n) is 4.42. The summed E-state index contributed by atoms with van der Waals surface area (Å²) in [6, 6.07) is 14.5. The van der Waals surface area contributed by atoms with Gasteiger partial charge in [0.05, 0.1) is 23.1 Å². The highest BCUT2D eigenvalue weighted by atomic mass is 32.2. The monoisotopic (exact) mass is 360 g/mol. The molecule has 0 amide bonds. The summed E-state index contributed by atoms with van der Waals surface area (Å²) in [6.45, 7) is 5.16. The van der Waals surface area contributed by atoms with Crippen molar-refractivity contribution in [1.29, 1.82) is 0 Å². The number of nitrogens with zero attached hydrogens (tertiary/aromatic N) is 4. The summed E-state index contributed by atoms with van der Waals surface area (Å²) in [5.74, 6) is 0.801. The fourth-order valence-corrected chi connectivity index (χ4v) is 4.09. The lowest BCUT2D eigenvalue weighted by Crippen LogP contribution is -2.00. The van der Waals surface area contributed by atoms with Crippen LogP contribution in [0.4, 0.5) is 0 Å². The van der Waals surface area contributed by atoms with Gasteiger partial charge < -0.3 is 4.57 Å². The van der Waals surface area contributed by atoms with E-state index in [0.29, 0.717) is 0 Å². The number of aromatic nitrogens is 4. The van der Waals surface area contributed by atoms with E-state index in [2.05, 4.69) is 58.7 Å². The lowest BCUT2D eigenvalue weighted by Gasteiger charge is -2.10. The quantitative estimate of drug-likeness (QED) is 0.464. The summed E-state index contributed by atoms with van der Waals surface area (Å²) in [5, 5.41) is 2.23. The molecule has 3 heterocycles. The second-order valence-electron chi connectivity index (χ2n) is 6.15. The van der Waals surface area contributed by atoms with Crippen molar-refractivity contribution in [2.75, 3.05) is 0 Å². The molecule has 0 radical (unpaired) electrons. The molecule has 130 valence electrons. The van der Waals surface area contributed by atoms with E-state index in [1.54, 1.807) is 18.0 Å². The summed E-state index contributed by atoms with van der Waals surface area (Å²) < 4.78 is 2.23. The molecule has 0 aliphatic heterocycles. The molecule has 0 saturated carbocycles. The first-order valence-electron chi connectivity index (χ1n) is 8.70. The van der Waals surface area contributed by atoms with Crippen molar-refractivity contribution in [2.45, 2.75) is 31.3 Å². The van der Waals surface area contributed by atoms with Crippen LogP contribution in [0.1, 0.15) is 18.2 Å². The Morgan fingerprint density at radius 1 is 1.08 bits per heavy atom. The Balaban J connectivity index is 1.60. The predicted molar refractivity (Wildman–Crippen MR) is 107 cm³/mol. The first-order chi connectivity index (χ1) is 12.8. The van der Waals surface area contributed by atoms with Gasteiger partial charge in [0.25, 0.3) is 0 Å². The average Bonchev–Trinajstić information content (AvgIpc) is 3.10. The van der Waals surface area contributed by atoms with Crippen LogP contribution < -0.4 is 0 Å². The maximum atomic E-state index is 4.80. The third-order valence-corrected chi connectivity index (χ3v) is 5.44. The molecule has 0 fully saturated rings. The number of aryl methyl sites for hydroxylation is 1. The number of hydrogen-bond donors (Lipinski definition) is 0. The standard InChI is InChI=1S/C21H20N4S/c1-3-25-20(16-7-6-10-22-12-16)13-23-21(25)26-14-17-11-15(2)18-8-4-5-9-19(18)24-17/h4-13H,3,14H2,1-2H3. The lowest BCUT2D eigenvalue weighted by molar-refractivity contribution is 0.687. The van der Waals surface area contributed by atoms with Crippen LogP contribution in [0.25, 0.3) is 22.2 Å². The van der Waals surface area contributed by atoms with E-state index in [0.717, 1.165) is 39.9 Å². The molecule has 0 aliphatic rings. The zero-order valence-corrected chi connectivity index (χ0v) is 15.7. The summed E-state index contributed by atoms with van der Waals surface area (Å²) in [7, 11) is 0.